The molecule has 1 aromatic rings. The van der Waals surface area contributed by atoms with Crippen molar-refractivity contribution in [1.82, 2.24) is 0 Å². The van der Waals surface area contributed by atoms with E-state index in [4.69, 9.17) is 0 Å². The highest BCUT2D eigenvalue weighted by atomic mass is 32.2. The van der Waals surface area contributed by atoms with Gasteiger partial charge in [0.2, 0.25) is 0 Å². The Hall–Kier alpha value is -0.690. The predicted molar refractivity (Wildman–Crippen MR) is 45.0 cm³/mol. The molecule has 0 aromatic heterocycles. The first-order valence-electron chi connectivity index (χ1n) is 3.26. The van der Waals surface area contributed by atoms with E-state index in [0.717, 1.165) is 5.75 Å². The molecule has 0 amide bonds. The van der Waals surface area contributed by atoms with E-state index in [1.807, 2.05) is 23.9 Å². The molecule has 10 heavy (non-hydrogen) atoms. The molecule has 2 rings (SSSR count). The molecule has 1 heterocycles. The van der Waals surface area contributed by atoms with Crippen LogP contribution in [0.4, 0.5) is 0 Å². The molecular weight excluding hydrogens is 140 g/mol. The molecular formula is C9H7S. The minimum Gasteiger partial charge on any atom is -0.121 e. The highest BCUT2D eigenvalue weighted by molar-refractivity contribution is 7.99. The van der Waals surface area contributed by atoms with E-state index in [-0.39, 0.29) is 0 Å². The topological polar surface area (TPSA) is 0 Å². The van der Waals surface area contributed by atoms with E-state index in [1.54, 1.807) is 0 Å². The van der Waals surface area contributed by atoms with Gasteiger partial charge in [0.25, 0.3) is 0 Å². The summed E-state index contributed by atoms with van der Waals surface area (Å²) in [5, 5.41) is 0. The first-order valence-corrected chi connectivity index (χ1v) is 4.25. The molecule has 1 heteroatoms. The van der Waals surface area contributed by atoms with E-state index < -0.39 is 0 Å². The second kappa shape index (κ2) is 2.51. The Morgan fingerprint density at radius 3 is 3.40 bits per heavy atom. The van der Waals surface area contributed by atoms with Gasteiger partial charge in [-0.15, -0.1) is 11.8 Å². The Labute approximate surface area is 65.0 Å². The van der Waals surface area contributed by atoms with Gasteiger partial charge in [-0.05, 0) is 17.7 Å². The van der Waals surface area contributed by atoms with Gasteiger partial charge < -0.3 is 0 Å². The zero-order valence-electron chi connectivity index (χ0n) is 5.50. The first kappa shape index (κ1) is 6.05. The van der Waals surface area contributed by atoms with E-state index in [1.165, 1.54) is 10.5 Å². The summed E-state index contributed by atoms with van der Waals surface area (Å²) in [5.74, 6) is 1.10. The molecule has 0 N–H and O–H groups in total. The lowest BCUT2D eigenvalue weighted by atomic mass is 10.2. The smallest absolute Gasteiger partial charge is 0.0164 e. The summed E-state index contributed by atoms with van der Waals surface area (Å²) in [6.45, 7) is 0. The maximum atomic E-state index is 3.07. The van der Waals surface area contributed by atoms with Crippen molar-refractivity contribution in [1.29, 1.82) is 0 Å². The summed E-state index contributed by atoms with van der Waals surface area (Å²) in [4.78, 5) is 1.35. The Balaban J connectivity index is 2.54. The van der Waals surface area contributed by atoms with Crippen LogP contribution >= 0.6 is 11.8 Å². The first-order chi connectivity index (χ1) is 4.97. The van der Waals surface area contributed by atoms with Crippen LogP contribution in [0, 0.1) is 6.07 Å². The third-order valence-electron chi connectivity index (χ3n) is 1.49. The third kappa shape index (κ3) is 0.971. The van der Waals surface area contributed by atoms with Crippen molar-refractivity contribution in [2.24, 2.45) is 0 Å². The highest BCUT2D eigenvalue weighted by Crippen LogP contribution is 2.27. The number of thioether (sulfide) groups is 1. The monoisotopic (exact) mass is 147 g/mol. The van der Waals surface area contributed by atoms with Gasteiger partial charge in [0, 0.05) is 10.6 Å². The molecule has 1 radical (unpaired) electrons. The van der Waals surface area contributed by atoms with Crippen LogP contribution in [0.25, 0.3) is 6.08 Å². The summed E-state index contributed by atoms with van der Waals surface area (Å²) in [6.07, 6.45) is 4.35. The van der Waals surface area contributed by atoms with Gasteiger partial charge in [-0.25, -0.2) is 0 Å². The van der Waals surface area contributed by atoms with Gasteiger partial charge in [0.15, 0.2) is 0 Å². The maximum absolute atomic E-state index is 3.07. The van der Waals surface area contributed by atoms with Crippen molar-refractivity contribution in [3.05, 3.63) is 35.9 Å². The molecule has 0 fully saturated rings. The normalized spacial score (nSPS) is 14.8. The van der Waals surface area contributed by atoms with Gasteiger partial charge in [0.05, 0.1) is 0 Å². The van der Waals surface area contributed by atoms with E-state index in [2.05, 4.69) is 24.3 Å². The van der Waals surface area contributed by atoms with Crippen molar-refractivity contribution in [2.75, 3.05) is 5.75 Å². The van der Waals surface area contributed by atoms with Crippen molar-refractivity contribution in [3.8, 4) is 0 Å². The largest absolute Gasteiger partial charge is 0.121 e. The summed E-state index contributed by atoms with van der Waals surface area (Å²) in [7, 11) is 0. The molecule has 0 atom stereocenters. The van der Waals surface area contributed by atoms with Crippen LogP contribution in [0.15, 0.2) is 29.2 Å². The standard InChI is InChI=1S/C9H7S/c1-2-6-9-8(4-1)5-3-7-10-9/h1,3-6H,7H2. The number of fused-ring (bicyclic) bond motifs is 1. The summed E-state index contributed by atoms with van der Waals surface area (Å²) < 4.78 is 0. The van der Waals surface area contributed by atoms with Crippen LogP contribution in [0.3, 0.4) is 0 Å². The number of benzene rings is 1. The minimum absolute atomic E-state index is 1.10. The molecule has 1 aliphatic heterocycles. The van der Waals surface area contributed by atoms with Gasteiger partial charge in [-0.3, -0.25) is 0 Å². The molecule has 0 unspecified atom stereocenters. The van der Waals surface area contributed by atoms with Crippen molar-refractivity contribution in [3.63, 3.8) is 0 Å². The van der Waals surface area contributed by atoms with Gasteiger partial charge in [-0.1, -0.05) is 24.3 Å². The average molecular weight is 147 g/mol. The minimum atomic E-state index is 1.10. The maximum Gasteiger partial charge on any atom is 0.0164 e. The van der Waals surface area contributed by atoms with Crippen LogP contribution in [0.1, 0.15) is 5.56 Å². The van der Waals surface area contributed by atoms with E-state index in [9.17, 15) is 0 Å². The summed E-state index contributed by atoms with van der Waals surface area (Å²) in [6, 6.07) is 9.16. The molecule has 0 spiro atoms. The zero-order chi connectivity index (χ0) is 6.81. The lowest BCUT2D eigenvalue weighted by molar-refractivity contribution is 1.40. The Kier molecular flexibility index (Phi) is 1.52. The molecule has 49 valence electrons. The second-order valence-corrected chi connectivity index (χ2v) is 3.24. The van der Waals surface area contributed by atoms with E-state index in [0.29, 0.717) is 0 Å². The van der Waals surface area contributed by atoms with Gasteiger partial charge >= 0.3 is 0 Å². The predicted octanol–water partition coefficient (Wildman–Crippen LogP) is 2.61. The molecule has 1 aromatic carbocycles. The molecule has 0 saturated carbocycles. The SMILES string of the molecule is [c]1ccc2c(c1)SCC=C2. The Morgan fingerprint density at radius 1 is 1.50 bits per heavy atom. The van der Waals surface area contributed by atoms with Gasteiger partial charge in [-0.2, -0.15) is 0 Å². The fraction of sp³-hybridized carbons (Fsp3) is 0.111. The highest BCUT2D eigenvalue weighted by Gasteiger charge is 2.01. The van der Waals surface area contributed by atoms with Crippen LogP contribution in [-0.2, 0) is 0 Å². The lowest BCUT2D eigenvalue weighted by Gasteiger charge is -2.07. The fourth-order valence-electron chi connectivity index (χ4n) is 1.00. The van der Waals surface area contributed by atoms with Crippen molar-refractivity contribution in [2.45, 2.75) is 4.90 Å². The summed E-state index contributed by atoms with van der Waals surface area (Å²) in [5.41, 5.74) is 1.33. The third-order valence-corrected chi connectivity index (χ3v) is 2.51. The summed E-state index contributed by atoms with van der Waals surface area (Å²) >= 11 is 1.87. The number of hydrogen-bond donors (Lipinski definition) is 0. The second-order valence-electron chi connectivity index (χ2n) is 2.18. The lowest BCUT2D eigenvalue weighted by Crippen LogP contribution is -1.85. The van der Waals surface area contributed by atoms with E-state index >= 15 is 0 Å². The zero-order valence-corrected chi connectivity index (χ0v) is 6.32. The number of hydrogen-bond acceptors (Lipinski definition) is 1. The number of rotatable bonds is 0. The van der Waals surface area contributed by atoms with Crippen molar-refractivity contribution >= 4 is 17.8 Å². The van der Waals surface area contributed by atoms with Crippen LogP contribution in [0.2, 0.25) is 0 Å². The fourth-order valence-corrected chi connectivity index (χ4v) is 1.83. The molecule has 0 nitrogen and oxygen atoms in total. The molecule has 1 aliphatic rings. The van der Waals surface area contributed by atoms with Crippen molar-refractivity contribution < 1.29 is 0 Å². The van der Waals surface area contributed by atoms with Crippen LogP contribution < -0.4 is 0 Å². The van der Waals surface area contributed by atoms with Crippen LogP contribution in [-0.4, -0.2) is 5.75 Å². The Morgan fingerprint density at radius 2 is 2.50 bits per heavy atom. The Bertz CT molecular complexity index is 263. The van der Waals surface area contributed by atoms with Gasteiger partial charge in [0.1, 0.15) is 0 Å². The quantitative estimate of drug-likeness (QED) is 0.543. The molecule has 0 aliphatic carbocycles. The molecule has 0 saturated heterocycles. The average Bonchev–Trinajstić information content (AvgIpc) is 2.05. The van der Waals surface area contributed by atoms with Crippen LogP contribution in [0.5, 0.6) is 0 Å². The molecule has 0 bridgehead atoms.